The van der Waals surface area contributed by atoms with Gasteiger partial charge in [-0.15, -0.1) is 0 Å². The topological polar surface area (TPSA) is 78.6 Å². The maximum atomic E-state index is 13.5. The van der Waals surface area contributed by atoms with Crippen molar-refractivity contribution in [2.45, 2.75) is 6.92 Å². The number of rotatable bonds is 3. The smallest absolute Gasteiger partial charge is 0.410 e. The molecule has 1 rings (SSSR count). The molecule has 5 nitrogen and oxygen atoms in total. The fraction of sp³-hybridized carbons (Fsp3) is 0.200. The van der Waals surface area contributed by atoms with Crippen LogP contribution in [0.5, 0.6) is 5.75 Å². The van der Waals surface area contributed by atoms with Crippen molar-refractivity contribution in [3.8, 4) is 5.75 Å². The molecule has 1 aromatic rings. The molecule has 0 unspecified atom stereocenters. The summed E-state index contributed by atoms with van der Waals surface area (Å²) in [5.74, 6) is -7.61. The molecule has 1 aromatic carbocycles. The minimum absolute atomic E-state index is 0.0979. The Balaban J connectivity index is 3.51. The van der Waals surface area contributed by atoms with E-state index in [0.29, 0.717) is 0 Å². The molecule has 104 valence electrons. The highest BCUT2D eigenvalue weighted by atomic mass is 127. The van der Waals surface area contributed by atoms with Crippen LogP contribution in [0.25, 0.3) is 0 Å². The molecule has 19 heavy (non-hydrogen) atoms. The lowest BCUT2D eigenvalue weighted by molar-refractivity contribution is 0.0517. The third-order valence-electron chi connectivity index (χ3n) is 1.91. The van der Waals surface area contributed by atoms with E-state index in [2.05, 4.69) is 15.2 Å². The van der Waals surface area contributed by atoms with Gasteiger partial charge in [0.05, 0.1) is 10.2 Å². The number of nitrogens with two attached hydrogens (primary N) is 1. The second-order valence-corrected chi connectivity index (χ2v) is 4.18. The maximum absolute atomic E-state index is 13.5. The highest BCUT2D eigenvalue weighted by molar-refractivity contribution is 14.1. The number of amides is 1. The van der Waals surface area contributed by atoms with Crippen LogP contribution in [0.15, 0.2) is 0 Å². The van der Waals surface area contributed by atoms with Crippen LogP contribution in [-0.4, -0.2) is 18.7 Å². The summed E-state index contributed by atoms with van der Waals surface area (Å²) in [4.78, 5) is 22.0. The molecule has 1 amide bonds. The van der Waals surface area contributed by atoms with Gasteiger partial charge < -0.3 is 15.2 Å². The van der Waals surface area contributed by atoms with Gasteiger partial charge in [0.15, 0.2) is 17.4 Å². The summed E-state index contributed by atoms with van der Waals surface area (Å²) >= 11 is 1.32. The van der Waals surface area contributed by atoms with Gasteiger partial charge in [0, 0.05) is 0 Å². The summed E-state index contributed by atoms with van der Waals surface area (Å²) < 4.78 is 48.5. The standard InChI is InChI=1S/C10H7F3INO4/c1-2-18-9(16)3-4(11)5(12)6(13)8(7(3)14)19-10(15)17/h2H2,1H3,(H2,15,17). The van der Waals surface area contributed by atoms with Gasteiger partial charge in [-0.05, 0) is 29.5 Å². The van der Waals surface area contributed by atoms with E-state index in [0.717, 1.165) is 0 Å². The van der Waals surface area contributed by atoms with Crippen molar-refractivity contribution in [1.29, 1.82) is 0 Å². The number of carbonyl (C=O) groups is 2. The maximum Gasteiger partial charge on any atom is 0.410 e. The van der Waals surface area contributed by atoms with Crippen LogP contribution in [0.4, 0.5) is 18.0 Å². The van der Waals surface area contributed by atoms with Gasteiger partial charge in [-0.3, -0.25) is 0 Å². The van der Waals surface area contributed by atoms with Gasteiger partial charge in [0.2, 0.25) is 5.82 Å². The first kappa shape index (κ1) is 15.5. The Hall–Kier alpha value is -1.52. The van der Waals surface area contributed by atoms with Crippen LogP contribution in [-0.2, 0) is 4.74 Å². The zero-order valence-electron chi connectivity index (χ0n) is 9.43. The van der Waals surface area contributed by atoms with E-state index in [1.54, 1.807) is 0 Å². The molecular weight excluding hydrogens is 382 g/mol. The van der Waals surface area contributed by atoms with Crippen LogP contribution in [0.3, 0.4) is 0 Å². The number of ether oxygens (including phenoxy) is 2. The second-order valence-electron chi connectivity index (χ2n) is 3.10. The Morgan fingerprint density at radius 1 is 1.21 bits per heavy atom. The molecule has 0 aliphatic rings. The average Bonchev–Trinajstić information content (AvgIpc) is 2.32. The van der Waals surface area contributed by atoms with Gasteiger partial charge in [0.1, 0.15) is 5.56 Å². The van der Waals surface area contributed by atoms with E-state index < -0.39 is 44.4 Å². The molecule has 0 aliphatic heterocycles. The summed E-state index contributed by atoms with van der Waals surface area (Å²) in [7, 11) is 0. The first-order valence-corrected chi connectivity index (χ1v) is 5.89. The highest BCUT2D eigenvalue weighted by Gasteiger charge is 2.30. The molecule has 0 spiro atoms. The zero-order chi connectivity index (χ0) is 14.7. The quantitative estimate of drug-likeness (QED) is 0.373. The van der Waals surface area contributed by atoms with E-state index in [1.165, 1.54) is 29.5 Å². The Bertz CT molecular complexity index is 550. The van der Waals surface area contributed by atoms with Crippen LogP contribution < -0.4 is 10.5 Å². The third kappa shape index (κ3) is 3.08. The average molecular weight is 389 g/mol. The van der Waals surface area contributed by atoms with E-state index in [-0.39, 0.29) is 6.61 Å². The summed E-state index contributed by atoms with van der Waals surface area (Å²) in [6, 6.07) is 0. The van der Waals surface area contributed by atoms with Crippen molar-refractivity contribution in [2.75, 3.05) is 6.61 Å². The minimum atomic E-state index is -1.96. The number of halogens is 4. The molecule has 0 radical (unpaired) electrons. The summed E-state index contributed by atoms with van der Waals surface area (Å²) in [6.07, 6.45) is -1.43. The molecule has 9 heteroatoms. The van der Waals surface area contributed by atoms with Crippen molar-refractivity contribution in [1.82, 2.24) is 0 Å². The normalized spacial score (nSPS) is 10.2. The summed E-state index contributed by atoms with van der Waals surface area (Å²) in [5, 5.41) is 0. The Morgan fingerprint density at radius 2 is 1.79 bits per heavy atom. The predicted octanol–water partition coefficient (Wildman–Crippen LogP) is 2.34. The Morgan fingerprint density at radius 3 is 2.26 bits per heavy atom. The Kier molecular flexibility index (Phi) is 4.97. The first-order chi connectivity index (χ1) is 8.81. The third-order valence-corrected chi connectivity index (χ3v) is 2.93. The van der Waals surface area contributed by atoms with Crippen molar-refractivity contribution in [2.24, 2.45) is 5.73 Å². The van der Waals surface area contributed by atoms with Crippen molar-refractivity contribution < 1.29 is 32.2 Å². The molecule has 2 N–H and O–H groups in total. The van der Waals surface area contributed by atoms with Gasteiger partial charge >= 0.3 is 12.1 Å². The molecule has 0 saturated carbocycles. The Labute approximate surface area is 119 Å². The molecule has 0 heterocycles. The lowest BCUT2D eigenvalue weighted by Gasteiger charge is -2.11. The first-order valence-electron chi connectivity index (χ1n) is 4.81. The van der Waals surface area contributed by atoms with Gasteiger partial charge in [-0.25, -0.2) is 18.4 Å². The molecule has 0 saturated heterocycles. The molecule has 0 bridgehead atoms. The number of carbonyl (C=O) groups excluding carboxylic acids is 2. The number of hydrogen-bond acceptors (Lipinski definition) is 4. The van der Waals surface area contributed by atoms with Gasteiger partial charge in [-0.1, -0.05) is 0 Å². The molecular formula is C10H7F3INO4. The largest absolute Gasteiger partial charge is 0.462 e. The molecule has 0 fully saturated rings. The predicted molar refractivity (Wildman–Crippen MR) is 65.2 cm³/mol. The van der Waals surface area contributed by atoms with Crippen LogP contribution in [0, 0.1) is 21.0 Å². The van der Waals surface area contributed by atoms with Crippen LogP contribution >= 0.6 is 22.6 Å². The SMILES string of the molecule is CCOC(=O)c1c(F)c(F)c(F)c(OC(N)=O)c1I. The monoisotopic (exact) mass is 389 g/mol. The van der Waals surface area contributed by atoms with E-state index in [9.17, 15) is 22.8 Å². The minimum Gasteiger partial charge on any atom is -0.462 e. The zero-order valence-corrected chi connectivity index (χ0v) is 11.6. The molecule has 0 aromatic heterocycles. The lowest BCUT2D eigenvalue weighted by atomic mass is 10.2. The van der Waals surface area contributed by atoms with Gasteiger partial charge in [-0.2, -0.15) is 4.39 Å². The van der Waals surface area contributed by atoms with Crippen LogP contribution in [0.2, 0.25) is 0 Å². The highest BCUT2D eigenvalue weighted by Crippen LogP contribution is 2.33. The number of primary amides is 1. The summed E-state index contributed by atoms with van der Waals surface area (Å²) in [5.41, 5.74) is 3.81. The summed E-state index contributed by atoms with van der Waals surface area (Å²) in [6.45, 7) is 1.35. The number of benzene rings is 1. The van der Waals surface area contributed by atoms with Crippen molar-refractivity contribution in [3.63, 3.8) is 0 Å². The number of hydrogen-bond donors (Lipinski definition) is 1. The van der Waals surface area contributed by atoms with Crippen LogP contribution in [0.1, 0.15) is 17.3 Å². The van der Waals surface area contributed by atoms with E-state index in [1.807, 2.05) is 0 Å². The van der Waals surface area contributed by atoms with Crippen molar-refractivity contribution in [3.05, 3.63) is 26.6 Å². The fourth-order valence-corrected chi connectivity index (χ4v) is 1.99. The van der Waals surface area contributed by atoms with E-state index >= 15 is 0 Å². The fourth-order valence-electron chi connectivity index (χ4n) is 1.18. The van der Waals surface area contributed by atoms with Gasteiger partial charge in [0.25, 0.3) is 0 Å². The van der Waals surface area contributed by atoms with Crippen molar-refractivity contribution >= 4 is 34.7 Å². The number of esters is 1. The lowest BCUT2D eigenvalue weighted by Crippen LogP contribution is -2.20. The van der Waals surface area contributed by atoms with E-state index in [4.69, 9.17) is 0 Å². The molecule has 0 aliphatic carbocycles. The molecule has 0 atom stereocenters. The second kappa shape index (κ2) is 6.08.